The van der Waals surface area contributed by atoms with Gasteiger partial charge in [-0.15, -0.1) is 0 Å². The standard InChI is InChI=1S/C14H17N3O3/c15-10-11-6-2-3-7-12(11)17-14(20)13(19)16-8-4-1-5-9-18/h2-3,6-7,18H,1,4-5,8-9H2,(H,16,19)(H,17,20). The van der Waals surface area contributed by atoms with E-state index in [0.717, 1.165) is 6.42 Å². The van der Waals surface area contributed by atoms with E-state index in [1.54, 1.807) is 24.3 Å². The highest BCUT2D eigenvalue weighted by atomic mass is 16.3. The Morgan fingerprint density at radius 1 is 1.15 bits per heavy atom. The van der Waals surface area contributed by atoms with Gasteiger partial charge in [-0.25, -0.2) is 0 Å². The van der Waals surface area contributed by atoms with Gasteiger partial charge in [0.2, 0.25) is 0 Å². The fourth-order valence-corrected chi connectivity index (χ4v) is 1.56. The van der Waals surface area contributed by atoms with E-state index in [9.17, 15) is 9.59 Å². The quantitative estimate of drug-likeness (QED) is 0.527. The molecule has 0 atom stereocenters. The van der Waals surface area contributed by atoms with Crippen LogP contribution in [0.15, 0.2) is 24.3 Å². The number of nitrogens with zero attached hydrogens (tertiary/aromatic N) is 1. The summed E-state index contributed by atoms with van der Waals surface area (Å²) in [7, 11) is 0. The third-order valence-electron chi connectivity index (χ3n) is 2.62. The van der Waals surface area contributed by atoms with Gasteiger partial charge >= 0.3 is 11.8 Å². The average molecular weight is 275 g/mol. The first kappa shape index (κ1) is 15.7. The van der Waals surface area contributed by atoms with Gasteiger partial charge in [0.1, 0.15) is 6.07 Å². The number of aliphatic hydroxyl groups is 1. The van der Waals surface area contributed by atoms with E-state index in [0.29, 0.717) is 30.6 Å². The Morgan fingerprint density at radius 2 is 1.90 bits per heavy atom. The maximum Gasteiger partial charge on any atom is 0.313 e. The Balaban J connectivity index is 2.42. The summed E-state index contributed by atoms with van der Waals surface area (Å²) in [6.45, 7) is 0.505. The molecule has 0 spiro atoms. The van der Waals surface area contributed by atoms with E-state index in [1.165, 1.54) is 0 Å². The summed E-state index contributed by atoms with van der Waals surface area (Å²) < 4.78 is 0. The Morgan fingerprint density at radius 3 is 2.60 bits per heavy atom. The van der Waals surface area contributed by atoms with Gasteiger partial charge in [-0.1, -0.05) is 12.1 Å². The van der Waals surface area contributed by atoms with Crippen LogP contribution in [0, 0.1) is 11.3 Å². The largest absolute Gasteiger partial charge is 0.396 e. The minimum Gasteiger partial charge on any atom is -0.396 e. The molecule has 20 heavy (non-hydrogen) atoms. The average Bonchev–Trinajstić information content (AvgIpc) is 2.47. The molecule has 0 aliphatic heterocycles. The van der Waals surface area contributed by atoms with Gasteiger partial charge in [0, 0.05) is 13.2 Å². The van der Waals surface area contributed by atoms with E-state index >= 15 is 0 Å². The minimum atomic E-state index is -0.796. The summed E-state index contributed by atoms with van der Waals surface area (Å²) in [5.74, 6) is -1.53. The maximum atomic E-state index is 11.6. The lowest BCUT2D eigenvalue weighted by atomic mass is 10.2. The van der Waals surface area contributed by atoms with Gasteiger partial charge in [-0.3, -0.25) is 9.59 Å². The first-order valence-corrected chi connectivity index (χ1v) is 6.38. The van der Waals surface area contributed by atoms with Crippen molar-refractivity contribution in [3.63, 3.8) is 0 Å². The molecule has 1 aromatic rings. The number of aliphatic hydroxyl groups excluding tert-OH is 1. The Kier molecular flexibility index (Phi) is 6.79. The number of nitrogens with one attached hydrogen (secondary N) is 2. The van der Waals surface area contributed by atoms with Crippen LogP contribution in [0.25, 0.3) is 0 Å². The smallest absolute Gasteiger partial charge is 0.313 e. The predicted molar refractivity (Wildman–Crippen MR) is 73.7 cm³/mol. The minimum absolute atomic E-state index is 0.124. The number of unbranched alkanes of at least 4 members (excludes halogenated alkanes) is 2. The van der Waals surface area contributed by atoms with Crippen LogP contribution >= 0.6 is 0 Å². The van der Waals surface area contributed by atoms with Crippen molar-refractivity contribution in [2.75, 3.05) is 18.5 Å². The summed E-state index contributed by atoms with van der Waals surface area (Å²) >= 11 is 0. The molecule has 0 aliphatic carbocycles. The third kappa shape index (κ3) is 5.08. The second-order valence-electron chi connectivity index (χ2n) is 4.15. The lowest BCUT2D eigenvalue weighted by Gasteiger charge is -2.07. The maximum absolute atomic E-state index is 11.6. The molecule has 0 heterocycles. The first-order chi connectivity index (χ1) is 9.69. The summed E-state index contributed by atoms with van der Waals surface area (Å²) in [5, 5.41) is 22.4. The van der Waals surface area contributed by atoms with E-state index in [1.807, 2.05) is 6.07 Å². The summed E-state index contributed by atoms with van der Waals surface area (Å²) in [5.41, 5.74) is 0.618. The van der Waals surface area contributed by atoms with Crippen LogP contribution in [0.2, 0.25) is 0 Å². The van der Waals surface area contributed by atoms with Gasteiger partial charge in [-0.05, 0) is 31.4 Å². The molecule has 0 aliphatic rings. The fourth-order valence-electron chi connectivity index (χ4n) is 1.56. The van der Waals surface area contributed by atoms with Crippen molar-refractivity contribution in [3.8, 4) is 6.07 Å². The van der Waals surface area contributed by atoms with Crippen molar-refractivity contribution in [3.05, 3.63) is 29.8 Å². The molecule has 0 fully saturated rings. The Labute approximate surface area is 117 Å². The van der Waals surface area contributed by atoms with Crippen LogP contribution in [0.3, 0.4) is 0 Å². The third-order valence-corrected chi connectivity index (χ3v) is 2.62. The van der Waals surface area contributed by atoms with Crippen LogP contribution in [-0.4, -0.2) is 30.1 Å². The molecule has 0 saturated carbocycles. The number of hydrogen-bond acceptors (Lipinski definition) is 4. The van der Waals surface area contributed by atoms with Crippen LogP contribution in [0.5, 0.6) is 0 Å². The number of amides is 2. The second kappa shape index (κ2) is 8.67. The number of para-hydroxylation sites is 1. The summed E-state index contributed by atoms with van der Waals surface area (Å²) in [6.07, 6.45) is 2.17. The molecule has 0 saturated heterocycles. The van der Waals surface area contributed by atoms with Crippen LogP contribution in [-0.2, 0) is 9.59 Å². The molecular weight excluding hydrogens is 258 g/mol. The topological polar surface area (TPSA) is 102 Å². The zero-order chi connectivity index (χ0) is 14.8. The van der Waals surface area contributed by atoms with Crippen molar-refractivity contribution in [1.82, 2.24) is 5.32 Å². The molecule has 0 bridgehead atoms. The van der Waals surface area contributed by atoms with Crippen LogP contribution in [0.4, 0.5) is 5.69 Å². The van der Waals surface area contributed by atoms with Gasteiger partial charge in [0.25, 0.3) is 0 Å². The summed E-state index contributed by atoms with van der Waals surface area (Å²) in [4.78, 5) is 23.2. The fraction of sp³-hybridized carbons (Fsp3) is 0.357. The molecule has 0 radical (unpaired) electrons. The van der Waals surface area contributed by atoms with E-state index < -0.39 is 11.8 Å². The predicted octanol–water partition coefficient (Wildman–Crippen LogP) is 0.776. The molecule has 1 aromatic carbocycles. The molecule has 3 N–H and O–H groups in total. The number of anilines is 1. The second-order valence-corrected chi connectivity index (χ2v) is 4.15. The molecule has 106 valence electrons. The lowest BCUT2D eigenvalue weighted by molar-refractivity contribution is -0.136. The number of carbonyl (C=O) groups is 2. The zero-order valence-electron chi connectivity index (χ0n) is 11.1. The van der Waals surface area contributed by atoms with Crippen molar-refractivity contribution in [2.24, 2.45) is 0 Å². The molecule has 2 amide bonds. The van der Waals surface area contributed by atoms with Gasteiger partial charge < -0.3 is 15.7 Å². The highest BCUT2D eigenvalue weighted by Gasteiger charge is 2.14. The number of hydrogen-bond donors (Lipinski definition) is 3. The van der Waals surface area contributed by atoms with Crippen LogP contribution in [0.1, 0.15) is 24.8 Å². The van der Waals surface area contributed by atoms with Crippen molar-refractivity contribution < 1.29 is 14.7 Å². The van der Waals surface area contributed by atoms with Crippen molar-refractivity contribution in [2.45, 2.75) is 19.3 Å². The number of rotatable bonds is 6. The molecular formula is C14H17N3O3. The molecule has 0 aromatic heterocycles. The first-order valence-electron chi connectivity index (χ1n) is 6.38. The highest BCUT2D eigenvalue weighted by Crippen LogP contribution is 2.13. The monoisotopic (exact) mass is 275 g/mol. The van der Waals surface area contributed by atoms with Crippen molar-refractivity contribution in [1.29, 1.82) is 5.26 Å². The van der Waals surface area contributed by atoms with Gasteiger partial charge in [-0.2, -0.15) is 5.26 Å². The van der Waals surface area contributed by atoms with E-state index in [-0.39, 0.29) is 6.61 Å². The number of carbonyl (C=O) groups excluding carboxylic acids is 2. The zero-order valence-corrected chi connectivity index (χ0v) is 11.1. The Bertz CT molecular complexity index is 509. The highest BCUT2D eigenvalue weighted by molar-refractivity contribution is 6.39. The lowest BCUT2D eigenvalue weighted by Crippen LogP contribution is -2.36. The SMILES string of the molecule is N#Cc1ccccc1NC(=O)C(=O)NCCCCCO. The van der Waals surface area contributed by atoms with Crippen molar-refractivity contribution >= 4 is 17.5 Å². The number of benzene rings is 1. The number of nitriles is 1. The Hall–Kier alpha value is -2.39. The van der Waals surface area contributed by atoms with Gasteiger partial charge in [0.05, 0.1) is 11.3 Å². The van der Waals surface area contributed by atoms with Crippen LogP contribution < -0.4 is 10.6 Å². The molecule has 6 nitrogen and oxygen atoms in total. The van der Waals surface area contributed by atoms with E-state index in [2.05, 4.69) is 10.6 Å². The molecule has 0 unspecified atom stereocenters. The van der Waals surface area contributed by atoms with E-state index in [4.69, 9.17) is 10.4 Å². The molecule has 6 heteroatoms. The molecule has 1 rings (SSSR count). The van der Waals surface area contributed by atoms with Gasteiger partial charge in [0.15, 0.2) is 0 Å². The summed E-state index contributed by atoms with van der Waals surface area (Å²) in [6, 6.07) is 8.40. The normalized spacial score (nSPS) is 9.60.